The first-order valence-corrected chi connectivity index (χ1v) is 12.1. The van der Waals surface area contributed by atoms with Gasteiger partial charge in [0, 0.05) is 23.0 Å². The van der Waals surface area contributed by atoms with Crippen molar-refractivity contribution in [2.75, 3.05) is 6.61 Å². The van der Waals surface area contributed by atoms with Crippen LogP contribution in [0.1, 0.15) is 49.2 Å². The second kappa shape index (κ2) is 10.6. The van der Waals surface area contributed by atoms with Gasteiger partial charge in [-0.25, -0.2) is 9.78 Å². The summed E-state index contributed by atoms with van der Waals surface area (Å²) in [7, 11) is 0. The van der Waals surface area contributed by atoms with Crippen molar-refractivity contribution in [3.8, 4) is 16.3 Å². The van der Waals surface area contributed by atoms with Gasteiger partial charge in [-0.15, -0.1) is 11.3 Å². The molecule has 0 saturated carbocycles. The maximum atomic E-state index is 12.6. The summed E-state index contributed by atoms with van der Waals surface area (Å²) in [5, 5.41) is 2.79. The molecule has 2 heterocycles. The van der Waals surface area contributed by atoms with Crippen molar-refractivity contribution in [3.05, 3.63) is 71.2 Å². The summed E-state index contributed by atoms with van der Waals surface area (Å²) in [6.45, 7) is 4.28. The van der Waals surface area contributed by atoms with Crippen LogP contribution in [0, 0.1) is 0 Å². The lowest BCUT2D eigenvalue weighted by Gasteiger charge is -2.38. The van der Waals surface area contributed by atoms with Crippen molar-refractivity contribution in [1.82, 2.24) is 9.88 Å². The van der Waals surface area contributed by atoms with Gasteiger partial charge in [-0.3, -0.25) is 4.79 Å². The maximum absolute atomic E-state index is 12.6. The Kier molecular flexibility index (Phi) is 7.40. The fourth-order valence-electron chi connectivity index (χ4n) is 4.13. The number of hydrogen-bond donors (Lipinski definition) is 0. The predicted molar refractivity (Wildman–Crippen MR) is 128 cm³/mol. The molecule has 1 aliphatic heterocycles. The zero-order valence-corrected chi connectivity index (χ0v) is 19.7. The number of carbonyl (C=O) groups excluding carboxylic acids is 2. The normalized spacial score (nSPS) is 18.1. The van der Waals surface area contributed by atoms with E-state index in [-0.39, 0.29) is 31.2 Å². The average molecular weight is 465 g/mol. The van der Waals surface area contributed by atoms with E-state index >= 15 is 0 Å². The van der Waals surface area contributed by atoms with Crippen molar-refractivity contribution >= 4 is 23.2 Å². The number of benzene rings is 2. The molecule has 0 radical (unpaired) electrons. The highest BCUT2D eigenvalue weighted by Gasteiger charge is 2.29. The van der Waals surface area contributed by atoms with E-state index in [2.05, 4.69) is 18.8 Å². The molecule has 2 aromatic carbocycles. The predicted octanol–water partition coefficient (Wildman–Crippen LogP) is 5.34. The van der Waals surface area contributed by atoms with E-state index in [1.54, 1.807) is 24.3 Å². The third kappa shape index (κ3) is 5.79. The molecule has 1 fully saturated rings. The number of thiazole rings is 1. The van der Waals surface area contributed by atoms with Gasteiger partial charge in [-0.1, -0.05) is 30.3 Å². The summed E-state index contributed by atoms with van der Waals surface area (Å²) in [5.74, 6) is 0.114. The van der Waals surface area contributed by atoms with Crippen LogP contribution >= 0.6 is 11.3 Å². The number of nitrogens with zero attached hydrogens (tertiary/aromatic N) is 2. The largest absolute Gasteiger partial charge is 0.484 e. The van der Waals surface area contributed by atoms with E-state index in [4.69, 9.17) is 9.47 Å². The first-order valence-electron chi connectivity index (χ1n) is 11.2. The van der Waals surface area contributed by atoms with Crippen LogP contribution in [-0.2, 0) is 16.1 Å². The molecule has 2 unspecified atom stereocenters. The summed E-state index contributed by atoms with van der Waals surface area (Å²) >= 11 is 1.52. The molecule has 4 rings (SSSR count). The zero-order chi connectivity index (χ0) is 23.2. The lowest BCUT2D eigenvalue weighted by molar-refractivity contribution is -0.139. The number of amides is 1. The molecular weight excluding hydrogens is 436 g/mol. The Morgan fingerprint density at radius 1 is 1.03 bits per heavy atom. The highest BCUT2D eigenvalue weighted by molar-refractivity contribution is 7.13. The Hall–Kier alpha value is -3.19. The monoisotopic (exact) mass is 464 g/mol. The van der Waals surface area contributed by atoms with Crippen molar-refractivity contribution in [1.29, 1.82) is 0 Å². The molecule has 0 aliphatic carbocycles. The summed E-state index contributed by atoms with van der Waals surface area (Å²) < 4.78 is 11.1. The smallest absolute Gasteiger partial charge is 0.338 e. The quantitative estimate of drug-likeness (QED) is 0.442. The van der Waals surface area contributed by atoms with E-state index in [1.807, 2.05) is 40.6 Å². The van der Waals surface area contributed by atoms with E-state index in [9.17, 15) is 9.59 Å². The van der Waals surface area contributed by atoms with Gasteiger partial charge in [0.1, 0.15) is 17.4 Å². The van der Waals surface area contributed by atoms with Gasteiger partial charge in [-0.05, 0) is 57.4 Å². The molecule has 1 saturated heterocycles. The Morgan fingerprint density at radius 2 is 1.73 bits per heavy atom. The number of ether oxygens (including phenoxy) is 2. The van der Waals surface area contributed by atoms with Gasteiger partial charge in [-0.2, -0.15) is 0 Å². The molecule has 172 valence electrons. The topological polar surface area (TPSA) is 68.7 Å². The number of esters is 1. The Labute approximate surface area is 198 Å². The Balaban J connectivity index is 1.27. The second-order valence-corrected chi connectivity index (χ2v) is 9.19. The first-order chi connectivity index (χ1) is 16.0. The van der Waals surface area contributed by atoms with Gasteiger partial charge >= 0.3 is 5.97 Å². The Bertz CT molecular complexity index is 1070. The van der Waals surface area contributed by atoms with Crippen LogP contribution < -0.4 is 4.74 Å². The van der Waals surface area contributed by atoms with Crippen LogP contribution in [0.2, 0.25) is 0 Å². The zero-order valence-electron chi connectivity index (χ0n) is 18.9. The first kappa shape index (κ1) is 23.0. The second-order valence-electron chi connectivity index (χ2n) is 8.33. The van der Waals surface area contributed by atoms with Gasteiger partial charge in [0.15, 0.2) is 6.61 Å². The summed E-state index contributed by atoms with van der Waals surface area (Å²) in [6, 6.07) is 17.0. The minimum atomic E-state index is -0.428. The van der Waals surface area contributed by atoms with Crippen LogP contribution in [0.4, 0.5) is 0 Å². The van der Waals surface area contributed by atoms with Crippen LogP contribution in [0.25, 0.3) is 10.6 Å². The van der Waals surface area contributed by atoms with E-state index in [1.165, 1.54) is 11.3 Å². The lowest BCUT2D eigenvalue weighted by atomic mass is 9.97. The lowest BCUT2D eigenvalue weighted by Crippen LogP contribution is -2.49. The van der Waals surface area contributed by atoms with Crippen molar-refractivity contribution in [2.24, 2.45) is 0 Å². The molecule has 1 amide bonds. The van der Waals surface area contributed by atoms with Gasteiger partial charge in [0.05, 0.1) is 11.3 Å². The number of likely N-dealkylation sites (tertiary alicyclic amines) is 1. The summed E-state index contributed by atoms with van der Waals surface area (Å²) in [6.07, 6.45) is 3.21. The van der Waals surface area contributed by atoms with Gasteiger partial charge in [0.25, 0.3) is 5.91 Å². The molecular formula is C26H28N2O4S. The molecule has 0 N–H and O–H groups in total. The average Bonchev–Trinajstić information content (AvgIpc) is 3.31. The number of aromatic nitrogens is 1. The summed E-state index contributed by atoms with van der Waals surface area (Å²) in [4.78, 5) is 31.5. The van der Waals surface area contributed by atoms with Crippen molar-refractivity contribution < 1.29 is 19.1 Å². The maximum Gasteiger partial charge on any atom is 0.338 e. The standard InChI is InChI=1S/C26H28N2O4S/c1-18-7-6-8-19(2)28(18)24(29)16-31-23-13-11-21(12-14-23)26(30)32-15-22-17-33-25(27-22)20-9-4-3-5-10-20/h3-5,9-14,17-19H,6-8,15-16H2,1-2H3. The molecule has 7 heteroatoms. The number of rotatable bonds is 7. The third-order valence-corrected chi connectivity index (χ3v) is 6.80. The number of hydrogen-bond acceptors (Lipinski definition) is 6. The minimum Gasteiger partial charge on any atom is -0.484 e. The molecule has 1 aliphatic rings. The van der Waals surface area contributed by atoms with Crippen LogP contribution in [-0.4, -0.2) is 40.5 Å². The minimum absolute atomic E-state index is 0.00341. The molecule has 3 aromatic rings. The SMILES string of the molecule is CC1CCCC(C)N1C(=O)COc1ccc(C(=O)OCc2csc(-c3ccccc3)n2)cc1. The Morgan fingerprint density at radius 3 is 2.42 bits per heavy atom. The molecule has 1 aromatic heterocycles. The fourth-order valence-corrected chi connectivity index (χ4v) is 4.94. The number of piperidine rings is 1. The van der Waals surface area contributed by atoms with Crippen LogP contribution in [0.15, 0.2) is 60.0 Å². The molecule has 6 nitrogen and oxygen atoms in total. The number of carbonyl (C=O) groups is 2. The molecule has 0 spiro atoms. The van der Waals surface area contributed by atoms with Crippen LogP contribution in [0.5, 0.6) is 5.75 Å². The van der Waals surface area contributed by atoms with Crippen LogP contribution in [0.3, 0.4) is 0 Å². The van der Waals surface area contributed by atoms with Gasteiger partial charge in [0.2, 0.25) is 0 Å². The molecule has 2 atom stereocenters. The highest BCUT2D eigenvalue weighted by atomic mass is 32.1. The van der Waals surface area contributed by atoms with Gasteiger partial charge < -0.3 is 14.4 Å². The summed E-state index contributed by atoms with van der Waals surface area (Å²) in [5.41, 5.74) is 2.18. The molecule has 33 heavy (non-hydrogen) atoms. The van der Waals surface area contributed by atoms with Crippen molar-refractivity contribution in [2.45, 2.75) is 51.8 Å². The van der Waals surface area contributed by atoms with E-state index in [0.717, 1.165) is 29.8 Å². The van der Waals surface area contributed by atoms with Crippen molar-refractivity contribution in [3.63, 3.8) is 0 Å². The molecule has 0 bridgehead atoms. The van der Waals surface area contributed by atoms with E-state index in [0.29, 0.717) is 17.0 Å². The fraction of sp³-hybridized carbons (Fsp3) is 0.346. The van der Waals surface area contributed by atoms with E-state index < -0.39 is 5.97 Å². The highest BCUT2D eigenvalue weighted by Crippen LogP contribution is 2.24. The third-order valence-electron chi connectivity index (χ3n) is 5.86.